The number of halogens is 1. The first-order chi connectivity index (χ1) is 16.5. The highest BCUT2D eigenvalue weighted by molar-refractivity contribution is 7.19. The van der Waals surface area contributed by atoms with E-state index in [2.05, 4.69) is 10.3 Å². The second-order valence-corrected chi connectivity index (χ2v) is 10.1. The number of aliphatic carboxylic acids is 1. The molecule has 3 aromatic rings. The quantitative estimate of drug-likeness (QED) is 0.368. The number of thiophene rings is 1. The zero-order chi connectivity index (χ0) is 25.3. The molecule has 1 atom stereocenters. The van der Waals surface area contributed by atoms with Gasteiger partial charge in [-0.15, -0.1) is 11.3 Å². The van der Waals surface area contributed by atoms with Crippen molar-refractivity contribution in [2.45, 2.75) is 44.9 Å². The maximum atomic E-state index is 14.9. The standard InChI is InChI=1S/C25H27FN4O4S/c1-25(2,34)14-8-9-16(18(26)11-14)20-12-17(22(27)31)23(35-20)29-21-7-3-5-15(28-21)13-30-10-4-6-19(30)24(32)33/h3,5,7-9,11-12,19,34H,4,6,10,13H2,1-2H3,(H2,27,31)(H,28,29)(H,32,33)/t19-/m0/s1. The van der Waals surface area contributed by atoms with Crippen LogP contribution < -0.4 is 11.1 Å². The molecule has 0 bridgehead atoms. The molecule has 1 saturated heterocycles. The van der Waals surface area contributed by atoms with E-state index in [1.54, 1.807) is 38.1 Å². The number of aliphatic hydroxyl groups is 1. The van der Waals surface area contributed by atoms with E-state index < -0.39 is 29.3 Å². The molecule has 1 amide bonds. The number of anilines is 2. The molecule has 3 heterocycles. The highest BCUT2D eigenvalue weighted by atomic mass is 32.1. The first-order valence-electron chi connectivity index (χ1n) is 11.2. The molecule has 1 fully saturated rings. The van der Waals surface area contributed by atoms with E-state index in [1.807, 2.05) is 11.0 Å². The molecule has 8 nitrogen and oxygen atoms in total. The fraction of sp³-hybridized carbons (Fsp3) is 0.320. The van der Waals surface area contributed by atoms with Gasteiger partial charge in [-0.25, -0.2) is 9.37 Å². The number of benzene rings is 1. The van der Waals surface area contributed by atoms with Crippen LogP contribution in [0.2, 0.25) is 0 Å². The smallest absolute Gasteiger partial charge is 0.320 e. The second kappa shape index (κ2) is 9.73. The van der Waals surface area contributed by atoms with Gasteiger partial charge in [0.15, 0.2) is 0 Å². The van der Waals surface area contributed by atoms with Crippen molar-refractivity contribution < 1.29 is 24.2 Å². The predicted octanol–water partition coefficient (Wildman–Crippen LogP) is 4.07. The number of carboxylic acids is 1. The van der Waals surface area contributed by atoms with Gasteiger partial charge >= 0.3 is 5.97 Å². The molecule has 35 heavy (non-hydrogen) atoms. The maximum absolute atomic E-state index is 14.9. The van der Waals surface area contributed by atoms with Crippen LogP contribution in [0, 0.1) is 5.82 Å². The van der Waals surface area contributed by atoms with E-state index in [9.17, 15) is 24.2 Å². The number of aromatic nitrogens is 1. The summed E-state index contributed by atoms with van der Waals surface area (Å²) in [5.74, 6) is -1.56. The molecule has 10 heteroatoms. The number of amides is 1. The molecule has 0 radical (unpaired) electrons. The van der Waals surface area contributed by atoms with Crippen LogP contribution in [0.25, 0.3) is 10.4 Å². The largest absolute Gasteiger partial charge is 0.480 e. The summed E-state index contributed by atoms with van der Waals surface area (Å²) in [4.78, 5) is 30.5. The molecule has 184 valence electrons. The van der Waals surface area contributed by atoms with E-state index >= 15 is 0 Å². The van der Waals surface area contributed by atoms with Crippen LogP contribution in [0.3, 0.4) is 0 Å². The first-order valence-corrected chi connectivity index (χ1v) is 12.0. The number of rotatable bonds is 8. The average molecular weight is 499 g/mol. The van der Waals surface area contributed by atoms with Crippen LogP contribution in [0.15, 0.2) is 42.5 Å². The van der Waals surface area contributed by atoms with E-state index in [1.165, 1.54) is 12.1 Å². The lowest BCUT2D eigenvalue weighted by atomic mass is 9.96. The fourth-order valence-electron chi connectivity index (χ4n) is 4.15. The third kappa shape index (κ3) is 5.50. The van der Waals surface area contributed by atoms with Gasteiger partial charge in [0.25, 0.3) is 5.91 Å². The Morgan fingerprint density at radius 2 is 2.06 bits per heavy atom. The van der Waals surface area contributed by atoms with Crippen LogP contribution in [0.1, 0.15) is 48.3 Å². The van der Waals surface area contributed by atoms with E-state index in [0.29, 0.717) is 46.5 Å². The van der Waals surface area contributed by atoms with Crippen molar-refractivity contribution in [2.24, 2.45) is 5.73 Å². The van der Waals surface area contributed by atoms with Crippen molar-refractivity contribution in [3.05, 3.63) is 65.1 Å². The Balaban J connectivity index is 1.59. The summed E-state index contributed by atoms with van der Waals surface area (Å²) in [5, 5.41) is 23.1. The Morgan fingerprint density at radius 3 is 2.71 bits per heavy atom. The van der Waals surface area contributed by atoms with E-state index in [-0.39, 0.29) is 11.1 Å². The number of hydrogen-bond acceptors (Lipinski definition) is 7. The Labute approximate surface area is 206 Å². The lowest BCUT2D eigenvalue weighted by molar-refractivity contribution is -0.142. The number of hydrogen-bond donors (Lipinski definition) is 4. The molecule has 1 aliphatic rings. The van der Waals surface area contributed by atoms with Gasteiger partial charge in [-0.2, -0.15) is 0 Å². The highest BCUT2D eigenvalue weighted by Gasteiger charge is 2.30. The van der Waals surface area contributed by atoms with Crippen LogP contribution in [-0.2, 0) is 16.9 Å². The molecule has 2 aromatic heterocycles. The Hall–Kier alpha value is -3.34. The zero-order valence-electron chi connectivity index (χ0n) is 19.4. The summed E-state index contributed by atoms with van der Waals surface area (Å²) in [5.41, 5.74) is 6.01. The van der Waals surface area contributed by atoms with Gasteiger partial charge in [0.2, 0.25) is 0 Å². The lowest BCUT2D eigenvalue weighted by Crippen LogP contribution is -2.35. The van der Waals surface area contributed by atoms with Gasteiger partial charge in [0, 0.05) is 17.0 Å². The van der Waals surface area contributed by atoms with E-state index in [4.69, 9.17) is 5.73 Å². The van der Waals surface area contributed by atoms with Crippen LogP contribution in [0.5, 0.6) is 0 Å². The fourth-order valence-corrected chi connectivity index (χ4v) is 5.25. The number of nitrogens with one attached hydrogen (secondary N) is 1. The average Bonchev–Trinajstić information content (AvgIpc) is 3.40. The van der Waals surface area contributed by atoms with Crippen LogP contribution in [0.4, 0.5) is 15.2 Å². The van der Waals surface area contributed by atoms with Gasteiger partial charge in [-0.1, -0.05) is 18.2 Å². The van der Waals surface area contributed by atoms with Gasteiger partial charge in [-0.05, 0) is 63.1 Å². The summed E-state index contributed by atoms with van der Waals surface area (Å²) < 4.78 is 14.9. The van der Waals surface area contributed by atoms with Crippen LogP contribution >= 0.6 is 11.3 Å². The summed E-state index contributed by atoms with van der Waals surface area (Å²) in [6, 6.07) is 10.8. The number of carbonyl (C=O) groups excluding carboxylic acids is 1. The molecule has 1 aromatic carbocycles. The molecule has 0 spiro atoms. The number of primary amides is 1. The monoisotopic (exact) mass is 498 g/mol. The minimum absolute atomic E-state index is 0.202. The first kappa shape index (κ1) is 24.8. The Kier molecular flexibility index (Phi) is 6.88. The van der Waals surface area contributed by atoms with Crippen molar-refractivity contribution in [1.29, 1.82) is 0 Å². The van der Waals surface area contributed by atoms with Crippen molar-refractivity contribution in [1.82, 2.24) is 9.88 Å². The van der Waals surface area contributed by atoms with Crippen LogP contribution in [-0.4, -0.2) is 44.6 Å². The number of carboxylic acid groups (broad SMARTS) is 1. The normalized spacial score (nSPS) is 16.4. The molecular formula is C25H27FN4O4S. The molecule has 1 aliphatic heterocycles. The number of pyridine rings is 1. The van der Waals surface area contributed by atoms with Gasteiger partial charge in [0.1, 0.15) is 22.7 Å². The number of nitrogens with two attached hydrogens (primary N) is 1. The number of likely N-dealkylation sites (tertiary alicyclic amines) is 1. The Morgan fingerprint density at radius 1 is 1.29 bits per heavy atom. The summed E-state index contributed by atoms with van der Waals surface area (Å²) in [6.45, 7) is 4.23. The summed E-state index contributed by atoms with van der Waals surface area (Å²) in [7, 11) is 0. The minimum atomic E-state index is -1.18. The number of nitrogens with zero attached hydrogens (tertiary/aromatic N) is 2. The Bertz CT molecular complexity index is 1270. The van der Waals surface area contributed by atoms with Gasteiger partial charge in [0.05, 0.1) is 16.9 Å². The van der Waals surface area contributed by atoms with Crippen molar-refractivity contribution in [2.75, 3.05) is 11.9 Å². The third-order valence-electron chi connectivity index (χ3n) is 6.00. The molecule has 0 saturated carbocycles. The molecule has 0 aliphatic carbocycles. The second-order valence-electron chi connectivity index (χ2n) is 9.08. The predicted molar refractivity (Wildman–Crippen MR) is 132 cm³/mol. The molecular weight excluding hydrogens is 471 g/mol. The van der Waals surface area contributed by atoms with Crippen molar-refractivity contribution in [3.63, 3.8) is 0 Å². The van der Waals surface area contributed by atoms with Crippen molar-refractivity contribution in [3.8, 4) is 10.4 Å². The summed E-state index contributed by atoms with van der Waals surface area (Å²) in [6.07, 6.45) is 1.43. The SMILES string of the molecule is CC(C)(O)c1ccc(-c2cc(C(N)=O)c(Nc3cccc(CN4CCC[C@H]4C(=O)O)n3)s2)c(F)c1. The number of carbonyl (C=O) groups is 2. The zero-order valence-corrected chi connectivity index (χ0v) is 20.2. The van der Waals surface area contributed by atoms with Crippen molar-refractivity contribution >= 4 is 34.0 Å². The lowest BCUT2D eigenvalue weighted by Gasteiger charge is -2.20. The van der Waals surface area contributed by atoms with E-state index in [0.717, 1.165) is 17.8 Å². The van der Waals surface area contributed by atoms with Gasteiger partial charge < -0.3 is 21.3 Å². The maximum Gasteiger partial charge on any atom is 0.320 e. The molecule has 5 N–H and O–H groups in total. The minimum Gasteiger partial charge on any atom is -0.480 e. The molecule has 0 unspecified atom stereocenters. The summed E-state index contributed by atoms with van der Waals surface area (Å²) >= 11 is 1.16. The van der Waals surface area contributed by atoms with Gasteiger partial charge in [-0.3, -0.25) is 14.5 Å². The molecule has 4 rings (SSSR count). The third-order valence-corrected chi connectivity index (χ3v) is 7.08. The highest BCUT2D eigenvalue weighted by Crippen LogP contribution is 2.38. The topological polar surface area (TPSA) is 129 Å².